The summed E-state index contributed by atoms with van der Waals surface area (Å²) in [5.41, 5.74) is 0.340. The summed E-state index contributed by atoms with van der Waals surface area (Å²) < 4.78 is 36.8. The summed E-state index contributed by atoms with van der Waals surface area (Å²) in [4.78, 5) is 27.6. The molecule has 494 valence electrons. The summed E-state index contributed by atoms with van der Waals surface area (Å²) in [7, 11) is 0. The van der Waals surface area contributed by atoms with Crippen LogP contribution in [0.15, 0.2) is 24.3 Å². The van der Waals surface area contributed by atoms with Crippen molar-refractivity contribution in [1.82, 2.24) is 0 Å². The highest BCUT2D eigenvalue weighted by Crippen LogP contribution is 2.20. The van der Waals surface area contributed by atoms with E-state index in [2.05, 4.69) is 27.7 Å². The molecule has 0 atom stereocenters. The van der Waals surface area contributed by atoms with E-state index in [1.807, 2.05) is 0 Å². The molecule has 0 fully saturated rings. The Labute approximate surface area is 522 Å². The van der Waals surface area contributed by atoms with Crippen molar-refractivity contribution < 1.29 is 38.0 Å². The van der Waals surface area contributed by atoms with Crippen molar-refractivity contribution in [3.63, 3.8) is 0 Å². The molecular formula is C76H142O8. The molecule has 1 aromatic rings. The van der Waals surface area contributed by atoms with E-state index in [0.29, 0.717) is 26.4 Å². The van der Waals surface area contributed by atoms with Crippen molar-refractivity contribution in [2.75, 3.05) is 39.6 Å². The molecule has 0 aliphatic heterocycles. The van der Waals surface area contributed by atoms with Gasteiger partial charge in [-0.25, -0.2) is 9.59 Å². The fourth-order valence-corrected chi connectivity index (χ4v) is 11.6. The monoisotopic (exact) mass is 1180 g/mol. The Balaban J connectivity index is 2.70. The lowest BCUT2D eigenvalue weighted by Crippen LogP contribution is -2.28. The molecule has 0 N–H and O–H groups in total. The Morgan fingerprint density at radius 1 is 0.250 bits per heavy atom. The summed E-state index contributed by atoms with van der Waals surface area (Å²) in [5.74, 6) is -1.18. The van der Waals surface area contributed by atoms with Crippen LogP contribution < -0.4 is 0 Å². The standard InChI is InChI=1S/C76H142O8/c1-5-9-13-17-21-25-29-33-37-41-45-49-53-59-65-79-73(80-66-60-54-50-46-42-38-34-30-26-22-18-14-10-6-2)69-83-75(77)71-63-57-58-64-72(71)76(78)84-70-74(81-67-61-55-51-47-43-39-35-31-27-23-19-15-11-7-3)82-68-62-56-52-48-44-40-36-32-28-24-20-16-12-8-4/h57-58,63-64,73-74H,5-56,59-62,65-70H2,1-4H3. The minimum absolute atomic E-state index is 0.0400. The van der Waals surface area contributed by atoms with Gasteiger partial charge in [-0.05, 0) is 37.8 Å². The van der Waals surface area contributed by atoms with E-state index < -0.39 is 24.5 Å². The van der Waals surface area contributed by atoms with Gasteiger partial charge in [-0.1, -0.05) is 374 Å². The van der Waals surface area contributed by atoms with Crippen LogP contribution >= 0.6 is 0 Å². The summed E-state index contributed by atoms with van der Waals surface area (Å²) in [6.45, 7) is 11.3. The molecule has 0 amide bonds. The van der Waals surface area contributed by atoms with Crippen LogP contribution in [0.5, 0.6) is 0 Å². The SMILES string of the molecule is CCCCCCCCCCCCCCCCOC(COC(=O)c1ccccc1C(=O)OCC(OCCCCCCCCCCCCCCCC)OCCCCCCCCCCCCCCCC)OCCCCCCCCCCCCCCCC. The van der Waals surface area contributed by atoms with E-state index in [1.165, 1.54) is 308 Å². The lowest BCUT2D eigenvalue weighted by Gasteiger charge is -2.20. The highest BCUT2D eigenvalue weighted by atomic mass is 16.7. The van der Waals surface area contributed by atoms with Crippen LogP contribution in [0.3, 0.4) is 0 Å². The Morgan fingerprint density at radius 3 is 0.571 bits per heavy atom. The number of carbonyl (C=O) groups excluding carboxylic acids is 2. The summed E-state index contributed by atoms with van der Waals surface area (Å²) in [6, 6.07) is 6.78. The third kappa shape index (κ3) is 55.3. The first kappa shape index (κ1) is 80.0. The van der Waals surface area contributed by atoms with Crippen LogP contribution in [0, 0.1) is 0 Å². The number of esters is 2. The number of rotatable bonds is 70. The summed E-state index contributed by atoms with van der Waals surface area (Å²) >= 11 is 0. The molecule has 0 radical (unpaired) electrons. The maximum Gasteiger partial charge on any atom is 0.339 e. The molecule has 0 aromatic heterocycles. The van der Waals surface area contributed by atoms with Gasteiger partial charge in [-0.2, -0.15) is 0 Å². The van der Waals surface area contributed by atoms with Crippen LogP contribution in [0.4, 0.5) is 0 Å². The van der Waals surface area contributed by atoms with Gasteiger partial charge in [-0.15, -0.1) is 0 Å². The minimum atomic E-state index is -0.661. The van der Waals surface area contributed by atoms with Gasteiger partial charge in [0.1, 0.15) is 13.2 Å². The Bertz CT molecular complexity index is 1290. The average molecular weight is 1180 g/mol. The zero-order chi connectivity index (χ0) is 60.4. The second-order valence-electron chi connectivity index (χ2n) is 25.5. The molecule has 8 heteroatoms. The normalized spacial score (nSPS) is 11.7. The molecule has 0 saturated heterocycles. The molecular weight excluding hydrogens is 1040 g/mol. The first-order valence-electron chi connectivity index (χ1n) is 37.5. The lowest BCUT2D eigenvalue weighted by atomic mass is 10.0. The van der Waals surface area contributed by atoms with E-state index in [-0.39, 0.29) is 24.3 Å². The van der Waals surface area contributed by atoms with Crippen LogP contribution in [0.25, 0.3) is 0 Å². The van der Waals surface area contributed by atoms with Crippen molar-refractivity contribution in [2.24, 2.45) is 0 Å². The number of hydrogen-bond acceptors (Lipinski definition) is 8. The summed E-state index contributed by atoms with van der Waals surface area (Å²) in [5, 5.41) is 0. The zero-order valence-corrected chi connectivity index (χ0v) is 56.6. The smallest absolute Gasteiger partial charge is 0.339 e. The second kappa shape index (κ2) is 66.9. The Morgan fingerprint density at radius 2 is 0.405 bits per heavy atom. The molecule has 0 unspecified atom stereocenters. The van der Waals surface area contributed by atoms with Crippen LogP contribution in [0.1, 0.15) is 408 Å². The zero-order valence-electron chi connectivity index (χ0n) is 56.6. The number of hydrogen-bond donors (Lipinski definition) is 0. The Hall–Kier alpha value is -2.00. The van der Waals surface area contributed by atoms with Gasteiger partial charge in [0.15, 0.2) is 12.6 Å². The van der Waals surface area contributed by atoms with Gasteiger partial charge in [0.2, 0.25) is 0 Å². The topological polar surface area (TPSA) is 89.5 Å². The van der Waals surface area contributed by atoms with Crippen LogP contribution in [0.2, 0.25) is 0 Å². The highest BCUT2D eigenvalue weighted by Gasteiger charge is 2.23. The van der Waals surface area contributed by atoms with Crippen molar-refractivity contribution in [2.45, 2.75) is 400 Å². The molecule has 0 heterocycles. The third-order valence-corrected chi connectivity index (χ3v) is 17.3. The lowest BCUT2D eigenvalue weighted by molar-refractivity contribution is -0.165. The molecule has 1 aromatic carbocycles. The first-order chi connectivity index (χ1) is 41.6. The van der Waals surface area contributed by atoms with E-state index >= 15 is 0 Å². The number of ether oxygens (including phenoxy) is 6. The largest absolute Gasteiger partial charge is 0.457 e. The molecule has 0 aliphatic carbocycles. The van der Waals surface area contributed by atoms with Crippen molar-refractivity contribution in [3.8, 4) is 0 Å². The molecule has 0 bridgehead atoms. The van der Waals surface area contributed by atoms with Crippen molar-refractivity contribution in [1.29, 1.82) is 0 Å². The van der Waals surface area contributed by atoms with Crippen molar-refractivity contribution in [3.05, 3.63) is 35.4 Å². The average Bonchev–Trinajstić information content (AvgIpc) is 3.69. The minimum Gasteiger partial charge on any atom is -0.457 e. The maximum atomic E-state index is 13.8. The second-order valence-corrected chi connectivity index (χ2v) is 25.5. The van der Waals surface area contributed by atoms with Gasteiger partial charge in [0.05, 0.1) is 11.1 Å². The van der Waals surface area contributed by atoms with Gasteiger partial charge in [0.25, 0.3) is 0 Å². The van der Waals surface area contributed by atoms with Gasteiger partial charge >= 0.3 is 11.9 Å². The Kier molecular flexibility index (Phi) is 63.8. The van der Waals surface area contributed by atoms with E-state index in [9.17, 15) is 9.59 Å². The molecule has 0 spiro atoms. The van der Waals surface area contributed by atoms with Gasteiger partial charge in [-0.3, -0.25) is 0 Å². The number of carbonyl (C=O) groups is 2. The first-order valence-corrected chi connectivity index (χ1v) is 37.5. The van der Waals surface area contributed by atoms with E-state index in [0.717, 1.165) is 51.4 Å². The third-order valence-electron chi connectivity index (χ3n) is 17.3. The number of benzene rings is 1. The molecule has 84 heavy (non-hydrogen) atoms. The van der Waals surface area contributed by atoms with Crippen molar-refractivity contribution >= 4 is 11.9 Å². The van der Waals surface area contributed by atoms with Crippen LogP contribution in [-0.2, 0) is 28.4 Å². The van der Waals surface area contributed by atoms with Crippen LogP contribution in [-0.4, -0.2) is 64.2 Å². The maximum absolute atomic E-state index is 13.8. The molecule has 1 rings (SSSR count). The predicted molar refractivity (Wildman–Crippen MR) is 360 cm³/mol. The van der Waals surface area contributed by atoms with E-state index in [4.69, 9.17) is 28.4 Å². The molecule has 0 saturated carbocycles. The molecule has 8 nitrogen and oxygen atoms in total. The quantitative estimate of drug-likeness (QED) is 0.0362. The fraction of sp³-hybridized carbons (Fsp3) is 0.895. The highest BCUT2D eigenvalue weighted by molar-refractivity contribution is 6.03. The summed E-state index contributed by atoms with van der Waals surface area (Å²) in [6.07, 6.45) is 71.7. The molecule has 0 aliphatic rings. The van der Waals surface area contributed by atoms with E-state index in [1.54, 1.807) is 24.3 Å². The fourth-order valence-electron chi connectivity index (χ4n) is 11.6. The van der Waals surface area contributed by atoms with Gasteiger partial charge < -0.3 is 28.4 Å². The predicted octanol–water partition coefficient (Wildman–Crippen LogP) is 24.6. The van der Waals surface area contributed by atoms with Gasteiger partial charge in [0, 0.05) is 26.4 Å². The number of unbranched alkanes of at least 4 members (excludes halogenated alkanes) is 52.